The number of ether oxygens (including phenoxy) is 2. The average molecular weight is 323 g/mol. The average Bonchev–Trinajstić information content (AvgIpc) is 2.61. The van der Waals surface area contributed by atoms with Crippen LogP contribution in [0.2, 0.25) is 0 Å². The summed E-state index contributed by atoms with van der Waals surface area (Å²) in [5, 5.41) is 3.41. The Labute approximate surface area is 140 Å². The number of hydrogen-bond donors (Lipinski definition) is 0. The molecule has 2 rings (SSSR count). The molecule has 122 valence electrons. The van der Waals surface area contributed by atoms with Gasteiger partial charge >= 0.3 is 5.97 Å². The topological polar surface area (TPSA) is 84.3 Å². The van der Waals surface area contributed by atoms with E-state index in [0.29, 0.717) is 17.9 Å². The third-order valence-corrected chi connectivity index (χ3v) is 3.09. The first-order valence-corrected chi connectivity index (χ1v) is 7.44. The highest BCUT2D eigenvalue weighted by atomic mass is 16.5. The largest absolute Gasteiger partial charge is 0.488 e. The van der Waals surface area contributed by atoms with Gasteiger partial charge in [-0.05, 0) is 30.2 Å². The van der Waals surface area contributed by atoms with Crippen LogP contribution in [0, 0.1) is 0 Å². The number of carbonyl (C=O) groups excluding carboxylic acids is 1. The minimum absolute atomic E-state index is 0.116. The van der Waals surface area contributed by atoms with Crippen molar-refractivity contribution in [2.75, 3.05) is 6.61 Å². The summed E-state index contributed by atoms with van der Waals surface area (Å²) in [4.78, 5) is 14.5. The van der Waals surface area contributed by atoms with Gasteiger partial charge in [0.1, 0.15) is 18.1 Å². The molecule has 6 nitrogen and oxygen atoms in total. The minimum Gasteiger partial charge on any atom is -0.488 e. The number of carbonyl (C=O) groups is 1. The Balaban J connectivity index is 2.24. The summed E-state index contributed by atoms with van der Waals surface area (Å²) in [5.41, 5.74) is 10.2. The molecule has 0 fully saturated rings. The maximum absolute atomic E-state index is 11.8. The smallest absolute Gasteiger partial charge is 0.340 e. The molecular weight excluding hydrogens is 306 g/mol. The summed E-state index contributed by atoms with van der Waals surface area (Å²) >= 11 is 0. The number of nitrogens with zero attached hydrogens (tertiary/aromatic N) is 3. The standard InChI is InChI=1S/C18H17N3O3/c1-2-23-18(22)16(20-21-19)12-15-10-6-7-11-17(15)24-13-14-8-4-3-5-9-14/h3-12H,2,13H2,1H3/b16-12-. The van der Waals surface area contributed by atoms with Crippen molar-refractivity contribution in [3.8, 4) is 5.75 Å². The maximum Gasteiger partial charge on any atom is 0.340 e. The summed E-state index contributed by atoms with van der Waals surface area (Å²) in [7, 11) is 0. The lowest BCUT2D eigenvalue weighted by Crippen LogP contribution is -2.05. The predicted molar refractivity (Wildman–Crippen MR) is 91.0 cm³/mol. The highest BCUT2D eigenvalue weighted by Gasteiger charge is 2.10. The molecule has 0 aliphatic heterocycles. The van der Waals surface area contributed by atoms with Crippen molar-refractivity contribution in [3.05, 3.63) is 81.9 Å². The molecule has 0 N–H and O–H groups in total. The maximum atomic E-state index is 11.8. The van der Waals surface area contributed by atoms with Gasteiger partial charge in [0.2, 0.25) is 0 Å². The van der Waals surface area contributed by atoms with Crippen molar-refractivity contribution >= 4 is 12.0 Å². The highest BCUT2D eigenvalue weighted by molar-refractivity contribution is 5.93. The lowest BCUT2D eigenvalue weighted by Gasteiger charge is -2.10. The zero-order chi connectivity index (χ0) is 17.2. The number of para-hydroxylation sites is 1. The Hall–Kier alpha value is -3.24. The van der Waals surface area contributed by atoms with Gasteiger partial charge in [0.15, 0.2) is 0 Å². The van der Waals surface area contributed by atoms with E-state index in [1.54, 1.807) is 25.1 Å². The second kappa shape index (κ2) is 9.02. The SMILES string of the molecule is CCOC(=O)/C(=C/c1ccccc1OCc1ccccc1)N=[N+]=[N-]. The van der Waals surface area contributed by atoms with Gasteiger partial charge in [0, 0.05) is 10.5 Å². The second-order valence-corrected chi connectivity index (χ2v) is 4.75. The van der Waals surface area contributed by atoms with Crippen molar-refractivity contribution in [3.63, 3.8) is 0 Å². The van der Waals surface area contributed by atoms with Gasteiger partial charge in [-0.1, -0.05) is 53.6 Å². The summed E-state index contributed by atoms with van der Waals surface area (Å²) in [6.45, 7) is 2.27. The number of benzene rings is 2. The molecule has 0 heterocycles. The van der Waals surface area contributed by atoms with Gasteiger partial charge in [-0.25, -0.2) is 4.79 Å². The van der Waals surface area contributed by atoms with Crippen LogP contribution in [-0.2, 0) is 16.1 Å². The quantitative estimate of drug-likeness (QED) is 0.247. The Morgan fingerprint density at radius 3 is 2.58 bits per heavy atom. The van der Waals surface area contributed by atoms with Crippen molar-refractivity contribution in [2.24, 2.45) is 5.11 Å². The Morgan fingerprint density at radius 2 is 1.88 bits per heavy atom. The van der Waals surface area contributed by atoms with Gasteiger partial charge < -0.3 is 9.47 Å². The molecule has 0 saturated heterocycles. The van der Waals surface area contributed by atoms with Crippen LogP contribution in [0.4, 0.5) is 0 Å². The monoisotopic (exact) mass is 323 g/mol. The molecule has 0 aliphatic rings. The summed E-state index contributed by atoms with van der Waals surface area (Å²) in [6, 6.07) is 16.9. The third-order valence-electron chi connectivity index (χ3n) is 3.09. The summed E-state index contributed by atoms with van der Waals surface area (Å²) < 4.78 is 10.7. The van der Waals surface area contributed by atoms with E-state index in [4.69, 9.17) is 15.0 Å². The van der Waals surface area contributed by atoms with E-state index in [9.17, 15) is 4.79 Å². The van der Waals surface area contributed by atoms with Crippen LogP contribution in [0.3, 0.4) is 0 Å². The van der Waals surface area contributed by atoms with Crippen LogP contribution in [0.15, 0.2) is 65.4 Å². The molecule has 0 aromatic heterocycles. The summed E-state index contributed by atoms with van der Waals surface area (Å²) in [5.74, 6) is -0.0931. The molecule has 6 heteroatoms. The van der Waals surface area contributed by atoms with Crippen LogP contribution in [0.1, 0.15) is 18.1 Å². The first-order valence-electron chi connectivity index (χ1n) is 7.44. The molecular formula is C18H17N3O3. The van der Waals surface area contributed by atoms with E-state index in [0.717, 1.165) is 5.56 Å². The van der Waals surface area contributed by atoms with E-state index in [1.165, 1.54) is 6.08 Å². The molecule has 2 aromatic rings. The highest BCUT2D eigenvalue weighted by Crippen LogP contribution is 2.23. The van der Waals surface area contributed by atoms with Gasteiger partial charge in [0.25, 0.3) is 0 Å². The van der Waals surface area contributed by atoms with Crippen LogP contribution in [0.5, 0.6) is 5.75 Å². The second-order valence-electron chi connectivity index (χ2n) is 4.75. The minimum atomic E-state index is -0.673. The van der Waals surface area contributed by atoms with Gasteiger partial charge in [-0.15, -0.1) is 0 Å². The van der Waals surface area contributed by atoms with Gasteiger partial charge in [-0.2, -0.15) is 0 Å². The number of esters is 1. The molecule has 0 aliphatic carbocycles. The number of azide groups is 1. The molecule has 2 aromatic carbocycles. The van der Waals surface area contributed by atoms with E-state index in [2.05, 4.69) is 10.0 Å². The van der Waals surface area contributed by atoms with Crippen molar-refractivity contribution < 1.29 is 14.3 Å². The van der Waals surface area contributed by atoms with Crippen LogP contribution < -0.4 is 4.74 Å². The van der Waals surface area contributed by atoms with Crippen LogP contribution in [0.25, 0.3) is 16.5 Å². The lowest BCUT2D eigenvalue weighted by atomic mass is 10.1. The van der Waals surface area contributed by atoms with E-state index in [1.807, 2.05) is 36.4 Å². The van der Waals surface area contributed by atoms with Crippen molar-refractivity contribution in [1.82, 2.24) is 0 Å². The molecule has 24 heavy (non-hydrogen) atoms. The van der Waals surface area contributed by atoms with E-state index >= 15 is 0 Å². The summed E-state index contributed by atoms with van der Waals surface area (Å²) in [6.07, 6.45) is 1.46. The van der Waals surface area contributed by atoms with Crippen LogP contribution in [-0.4, -0.2) is 12.6 Å². The molecule has 0 bridgehead atoms. The van der Waals surface area contributed by atoms with Gasteiger partial charge in [0.05, 0.1) is 6.61 Å². The van der Waals surface area contributed by atoms with E-state index in [-0.39, 0.29) is 12.3 Å². The first-order chi connectivity index (χ1) is 11.7. The molecule has 0 amide bonds. The number of hydrogen-bond acceptors (Lipinski definition) is 4. The Morgan fingerprint density at radius 1 is 1.17 bits per heavy atom. The molecule has 0 radical (unpaired) electrons. The normalized spacial score (nSPS) is 10.6. The predicted octanol–water partition coefficient (Wildman–Crippen LogP) is 4.48. The first kappa shape index (κ1) is 17.1. The zero-order valence-corrected chi connectivity index (χ0v) is 13.3. The fourth-order valence-electron chi connectivity index (χ4n) is 2.00. The van der Waals surface area contributed by atoms with Crippen LogP contribution >= 0.6 is 0 Å². The van der Waals surface area contributed by atoms with E-state index < -0.39 is 5.97 Å². The zero-order valence-electron chi connectivity index (χ0n) is 13.3. The Bertz CT molecular complexity index is 766. The molecule has 0 atom stereocenters. The molecule has 0 spiro atoms. The fraction of sp³-hybridized carbons (Fsp3) is 0.167. The third kappa shape index (κ3) is 4.90. The lowest BCUT2D eigenvalue weighted by molar-refractivity contribution is -0.138. The van der Waals surface area contributed by atoms with Gasteiger partial charge in [-0.3, -0.25) is 0 Å². The fourth-order valence-corrected chi connectivity index (χ4v) is 2.00. The van der Waals surface area contributed by atoms with Crippen molar-refractivity contribution in [1.29, 1.82) is 0 Å². The Kier molecular flexibility index (Phi) is 6.44. The molecule has 0 saturated carbocycles. The molecule has 0 unspecified atom stereocenters. The van der Waals surface area contributed by atoms with Crippen molar-refractivity contribution in [2.45, 2.75) is 13.5 Å². The number of rotatable bonds is 7.